The molecule has 1 aromatic heterocycles. The standard InChI is InChI=1S/C13H24N4O.ClH/c1-8(15-12(18)13(4,5)14)7-11-9(2)16-17(6)10(11)3;/h8H,7,14H2,1-6H3,(H,15,18);1H. The highest BCUT2D eigenvalue weighted by atomic mass is 35.5. The lowest BCUT2D eigenvalue weighted by molar-refractivity contribution is -0.125. The van der Waals surface area contributed by atoms with Gasteiger partial charge in [-0.05, 0) is 46.6 Å². The molecule has 0 fully saturated rings. The summed E-state index contributed by atoms with van der Waals surface area (Å²) in [7, 11) is 1.93. The van der Waals surface area contributed by atoms with E-state index in [0.717, 1.165) is 17.8 Å². The number of nitrogens with two attached hydrogens (primary N) is 1. The van der Waals surface area contributed by atoms with Crippen LogP contribution in [0, 0.1) is 13.8 Å². The average molecular weight is 289 g/mol. The van der Waals surface area contributed by atoms with Gasteiger partial charge in [-0.1, -0.05) is 0 Å². The Morgan fingerprint density at radius 2 is 2.00 bits per heavy atom. The highest BCUT2D eigenvalue weighted by Gasteiger charge is 2.23. The summed E-state index contributed by atoms with van der Waals surface area (Å²) in [6.07, 6.45) is 0.771. The molecule has 1 amide bonds. The van der Waals surface area contributed by atoms with Crippen LogP contribution in [0.2, 0.25) is 0 Å². The number of carbonyl (C=O) groups is 1. The van der Waals surface area contributed by atoms with E-state index < -0.39 is 5.54 Å². The second kappa shape index (κ2) is 6.39. The summed E-state index contributed by atoms with van der Waals surface area (Å²) in [6, 6.07) is 0.0434. The van der Waals surface area contributed by atoms with Gasteiger partial charge in [0.05, 0.1) is 11.2 Å². The highest BCUT2D eigenvalue weighted by molar-refractivity contribution is 5.85. The molecule has 0 aromatic carbocycles. The second-order valence-electron chi connectivity index (χ2n) is 5.57. The minimum absolute atomic E-state index is 0. The third-order valence-electron chi connectivity index (χ3n) is 3.13. The molecule has 0 saturated heterocycles. The third-order valence-corrected chi connectivity index (χ3v) is 3.13. The molecular weight excluding hydrogens is 264 g/mol. The molecule has 6 heteroatoms. The van der Waals surface area contributed by atoms with Crippen LogP contribution < -0.4 is 11.1 Å². The largest absolute Gasteiger partial charge is 0.352 e. The Hall–Kier alpha value is -1.07. The lowest BCUT2D eigenvalue weighted by Crippen LogP contribution is -2.52. The maximum Gasteiger partial charge on any atom is 0.239 e. The van der Waals surface area contributed by atoms with Gasteiger partial charge in [0.2, 0.25) is 5.91 Å². The van der Waals surface area contributed by atoms with E-state index in [1.54, 1.807) is 13.8 Å². The van der Waals surface area contributed by atoms with Gasteiger partial charge in [0, 0.05) is 18.8 Å². The van der Waals surface area contributed by atoms with Gasteiger partial charge in [0.1, 0.15) is 0 Å². The summed E-state index contributed by atoms with van der Waals surface area (Å²) in [5.41, 5.74) is 8.27. The normalized spacial score (nSPS) is 12.8. The van der Waals surface area contributed by atoms with Crippen molar-refractivity contribution in [3.05, 3.63) is 17.0 Å². The molecule has 1 heterocycles. The molecule has 1 aromatic rings. The number of nitrogens with one attached hydrogen (secondary N) is 1. The molecule has 0 spiro atoms. The Labute approximate surface area is 121 Å². The summed E-state index contributed by atoms with van der Waals surface area (Å²) in [4.78, 5) is 11.8. The topological polar surface area (TPSA) is 72.9 Å². The minimum Gasteiger partial charge on any atom is -0.352 e. The van der Waals surface area contributed by atoms with Crippen molar-refractivity contribution in [3.8, 4) is 0 Å². The predicted molar refractivity (Wildman–Crippen MR) is 79.5 cm³/mol. The molecule has 0 saturated carbocycles. The van der Waals surface area contributed by atoms with Crippen molar-refractivity contribution in [2.75, 3.05) is 0 Å². The van der Waals surface area contributed by atoms with Crippen molar-refractivity contribution in [3.63, 3.8) is 0 Å². The Bertz CT molecular complexity index is 448. The Morgan fingerprint density at radius 1 is 1.47 bits per heavy atom. The molecule has 5 nitrogen and oxygen atoms in total. The molecule has 0 aliphatic heterocycles. The van der Waals surface area contributed by atoms with E-state index in [-0.39, 0.29) is 24.4 Å². The van der Waals surface area contributed by atoms with Gasteiger partial charge in [-0.2, -0.15) is 5.10 Å². The van der Waals surface area contributed by atoms with Crippen LogP contribution in [0.5, 0.6) is 0 Å². The maximum absolute atomic E-state index is 11.8. The van der Waals surface area contributed by atoms with E-state index in [2.05, 4.69) is 10.4 Å². The van der Waals surface area contributed by atoms with Crippen LogP contribution in [-0.2, 0) is 18.3 Å². The molecule has 110 valence electrons. The van der Waals surface area contributed by atoms with E-state index in [1.807, 2.05) is 32.5 Å². The zero-order chi connectivity index (χ0) is 14.1. The van der Waals surface area contributed by atoms with Gasteiger partial charge in [0.25, 0.3) is 0 Å². The van der Waals surface area contributed by atoms with Crippen molar-refractivity contribution < 1.29 is 4.79 Å². The lowest BCUT2D eigenvalue weighted by atomic mass is 10.0. The van der Waals surface area contributed by atoms with Gasteiger partial charge < -0.3 is 11.1 Å². The number of aromatic nitrogens is 2. The van der Waals surface area contributed by atoms with Gasteiger partial charge in [-0.15, -0.1) is 12.4 Å². The van der Waals surface area contributed by atoms with Crippen LogP contribution in [0.15, 0.2) is 0 Å². The van der Waals surface area contributed by atoms with Crippen LogP contribution in [0.3, 0.4) is 0 Å². The van der Waals surface area contributed by atoms with Crippen LogP contribution >= 0.6 is 12.4 Å². The fourth-order valence-electron chi connectivity index (χ4n) is 1.88. The van der Waals surface area contributed by atoms with E-state index >= 15 is 0 Å². The SMILES string of the molecule is Cc1nn(C)c(C)c1CC(C)NC(=O)C(C)(C)N.Cl. The molecule has 1 atom stereocenters. The predicted octanol–water partition coefficient (Wildman–Crippen LogP) is 1.24. The molecular formula is C13H25ClN4O. The number of aryl methyl sites for hydroxylation is 2. The number of halogens is 1. The summed E-state index contributed by atoms with van der Waals surface area (Å²) in [6.45, 7) is 9.42. The molecule has 19 heavy (non-hydrogen) atoms. The van der Waals surface area contributed by atoms with Gasteiger partial charge in [-0.25, -0.2) is 0 Å². The van der Waals surface area contributed by atoms with Crippen LogP contribution in [0.1, 0.15) is 37.7 Å². The van der Waals surface area contributed by atoms with Crippen molar-refractivity contribution in [2.45, 2.75) is 52.6 Å². The molecule has 0 radical (unpaired) electrons. The number of amides is 1. The molecule has 1 unspecified atom stereocenters. The van der Waals surface area contributed by atoms with E-state index in [0.29, 0.717) is 0 Å². The summed E-state index contributed by atoms with van der Waals surface area (Å²) in [5.74, 6) is -0.130. The molecule has 1 rings (SSSR count). The molecule has 0 aliphatic carbocycles. The van der Waals surface area contributed by atoms with Crippen LogP contribution in [0.4, 0.5) is 0 Å². The van der Waals surface area contributed by atoms with E-state index in [1.165, 1.54) is 5.56 Å². The fourth-order valence-corrected chi connectivity index (χ4v) is 1.88. The summed E-state index contributed by atoms with van der Waals surface area (Å²) >= 11 is 0. The number of hydrogen-bond donors (Lipinski definition) is 2. The maximum atomic E-state index is 11.8. The first-order valence-corrected chi connectivity index (χ1v) is 6.22. The number of hydrogen-bond acceptors (Lipinski definition) is 3. The Balaban J connectivity index is 0.00000324. The molecule has 3 N–H and O–H groups in total. The van der Waals surface area contributed by atoms with Crippen molar-refractivity contribution in [2.24, 2.45) is 12.8 Å². The third kappa shape index (κ3) is 4.51. The zero-order valence-corrected chi connectivity index (χ0v) is 13.4. The fraction of sp³-hybridized carbons (Fsp3) is 0.692. The molecule has 0 bridgehead atoms. The van der Waals surface area contributed by atoms with Crippen molar-refractivity contribution >= 4 is 18.3 Å². The first-order valence-electron chi connectivity index (χ1n) is 6.22. The first-order chi connectivity index (χ1) is 8.12. The van der Waals surface area contributed by atoms with Gasteiger partial charge >= 0.3 is 0 Å². The zero-order valence-electron chi connectivity index (χ0n) is 12.6. The monoisotopic (exact) mass is 288 g/mol. The minimum atomic E-state index is -0.840. The van der Waals surface area contributed by atoms with E-state index in [9.17, 15) is 4.79 Å². The summed E-state index contributed by atoms with van der Waals surface area (Å²) in [5, 5.41) is 7.30. The van der Waals surface area contributed by atoms with E-state index in [4.69, 9.17) is 5.73 Å². The smallest absolute Gasteiger partial charge is 0.239 e. The van der Waals surface area contributed by atoms with Crippen LogP contribution in [-0.4, -0.2) is 27.3 Å². The quantitative estimate of drug-likeness (QED) is 0.876. The first kappa shape index (κ1) is 17.9. The number of nitrogens with zero attached hydrogens (tertiary/aromatic N) is 2. The van der Waals surface area contributed by atoms with Gasteiger partial charge in [-0.3, -0.25) is 9.48 Å². The highest BCUT2D eigenvalue weighted by Crippen LogP contribution is 2.14. The molecule has 0 aliphatic rings. The van der Waals surface area contributed by atoms with Crippen molar-refractivity contribution in [1.82, 2.24) is 15.1 Å². The summed E-state index contributed by atoms with van der Waals surface area (Å²) < 4.78 is 1.87. The lowest BCUT2D eigenvalue weighted by Gasteiger charge is -2.22. The van der Waals surface area contributed by atoms with Crippen molar-refractivity contribution in [1.29, 1.82) is 0 Å². The Morgan fingerprint density at radius 3 is 2.37 bits per heavy atom. The second-order valence-corrected chi connectivity index (χ2v) is 5.57. The van der Waals surface area contributed by atoms with Gasteiger partial charge in [0.15, 0.2) is 0 Å². The Kier molecular flexibility index (Phi) is 6.03. The number of rotatable bonds is 4. The van der Waals surface area contributed by atoms with Crippen LogP contribution in [0.25, 0.3) is 0 Å². The number of carbonyl (C=O) groups excluding carboxylic acids is 1. The average Bonchev–Trinajstić information content (AvgIpc) is 2.43.